The molecule has 7 heteroatoms. The number of carbonyl (C=O) groups is 1. The molecule has 0 radical (unpaired) electrons. The Kier molecular flexibility index (Phi) is 3.99. The minimum atomic E-state index is -0.326. The second kappa shape index (κ2) is 6.79. The van der Waals surface area contributed by atoms with Crippen LogP contribution in [-0.4, -0.2) is 16.1 Å². The van der Waals surface area contributed by atoms with Crippen molar-refractivity contribution in [3.8, 4) is 22.8 Å². The van der Waals surface area contributed by atoms with Gasteiger partial charge in [0.15, 0.2) is 5.76 Å². The van der Waals surface area contributed by atoms with Crippen molar-refractivity contribution in [2.24, 2.45) is 0 Å². The molecule has 2 aromatic carbocycles. The number of fused-ring (bicyclic) bond motifs is 1. The lowest BCUT2D eigenvalue weighted by atomic mass is 10.0. The van der Waals surface area contributed by atoms with Crippen LogP contribution in [0.3, 0.4) is 0 Å². The summed E-state index contributed by atoms with van der Waals surface area (Å²) < 4.78 is 11.9. The van der Waals surface area contributed by atoms with E-state index >= 15 is 0 Å². The first-order chi connectivity index (χ1) is 13.8. The molecule has 0 aliphatic heterocycles. The number of aromatic nitrogens is 2. The monoisotopic (exact) mass is 387 g/mol. The van der Waals surface area contributed by atoms with Gasteiger partial charge in [-0.2, -0.15) is 0 Å². The van der Waals surface area contributed by atoms with Gasteiger partial charge < -0.3 is 8.83 Å². The van der Waals surface area contributed by atoms with E-state index in [4.69, 9.17) is 8.83 Å². The summed E-state index contributed by atoms with van der Waals surface area (Å²) in [4.78, 5) is 12.6. The average Bonchev–Trinajstić information content (AvgIpc) is 3.48. The van der Waals surface area contributed by atoms with Gasteiger partial charge in [0.05, 0.1) is 6.26 Å². The first-order valence-electron chi connectivity index (χ1n) is 8.53. The smallest absolute Gasteiger partial charge is 0.322 e. The predicted octanol–water partition coefficient (Wildman–Crippen LogP) is 5.46. The van der Waals surface area contributed by atoms with E-state index in [-0.39, 0.29) is 17.8 Å². The van der Waals surface area contributed by atoms with Gasteiger partial charge >= 0.3 is 6.01 Å². The van der Waals surface area contributed by atoms with Crippen molar-refractivity contribution in [3.05, 3.63) is 77.9 Å². The summed E-state index contributed by atoms with van der Waals surface area (Å²) in [6.07, 6.45) is 1.51. The highest BCUT2D eigenvalue weighted by atomic mass is 32.1. The number of nitrogens with one attached hydrogen (secondary N) is 1. The van der Waals surface area contributed by atoms with Gasteiger partial charge in [0.25, 0.3) is 11.8 Å². The highest BCUT2D eigenvalue weighted by Gasteiger charge is 2.14. The standard InChI is InChI=1S/C21H13N3O3S/c25-19(22-21-24-23-20(27-21)17-5-2-9-26-17)16-4-1-3-13(12-16)14-6-7-18-15(11-14)8-10-28-18/h1-12H,(H,22,24,25). The molecule has 5 rings (SSSR count). The Morgan fingerprint density at radius 2 is 1.89 bits per heavy atom. The summed E-state index contributed by atoms with van der Waals surface area (Å²) in [6.45, 7) is 0. The van der Waals surface area contributed by atoms with E-state index in [1.807, 2.05) is 18.2 Å². The number of benzene rings is 2. The molecule has 6 nitrogen and oxygen atoms in total. The highest BCUT2D eigenvalue weighted by Crippen LogP contribution is 2.28. The second-order valence-corrected chi connectivity index (χ2v) is 7.05. The van der Waals surface area contributed by atoms with E-state index in [1.165, 1.54) is 16.3 Å². The van der Waals surface area contributed by atoms with Crippen LogP contribution < -0.4 is 5.32 Å². The predicted molar refractivity (Wildman–Crippen MR) is 107 cm³/mol. The second-order valence-electron chi connectivity index (χ2n) is 6.10. The van der Waals surface area contributed by atoms with Crippen LogP contribution in [0.25, 0.3) is 32.9 Å². The van der Waals surface area contributed by atoms with Crippen molar-refractivity contribution in [2.45, 2.75) is 0 Å². The van der Waals surface area contributed by atoms with Crippen molar-refractivity contribution in [1.82, 2.24) is 10.2 Å². The van der Waals surface area contributed by atoms with E-state index in [2.05, 4.69) is 45.2 Å². The van der Waals surface area contributed by atoms with E-state index in [1.54, 1.807) is 29.5 Å². The molecule has 0 atom stereocenters. The van der Waals surface area contributed by atoms with E-state index in [0.717, 1.165) is 11.1 Å². The fourth-order valence-electron chi connectivity index (χ4n) is 2.93. The maximum Gasteiger partial charge on any atom is 0.322 e. The molecule has 3 heterocycles. The molecule has 0 unspecified atom stereocenters. The SMILES string of the molecule is O=C(Nc1nnc(-c2ccco2)o1)c1cccc(-c2ccc3sccc3c2)c1. The lowest BCUT2D eigenvalue weighted by Crippen LogP contribution is -2.12. The Bertz CT molecular complexity index is 1270. The van der Waals surface area contributed by atoms with Crippen LogP contribution in [0.1, 0.15) is 10.4 Å². The van der Waals surface area contributed by atoms with Crippen LogP contribution in [0.15, 0.2) is 81.1 Å². The van der Waals surface area contributed by atoms with Crippen molar-refractivity contribution in [2.75, 3.05) is 5.32 Å². The van der Waals surface area contributed by atoms with Crippen LogP contribution in [-0.2, 0) is 0 Å². The molecule has 1 N–H and O–H groups in total. The zero-order chi connectivity index (χ0) is 18.9. The Morgan fingerprint density at radius 1 is 0.964 bits per heavy atom. The van der Waals surface area contributed by atoms with E-state index < -0.39 is 0 Å². The molecule has 0 fully saturated rings. The van der Waals surface area contributed by atoms with Gasteiger partial charge in [-0.3, -0.25) is 10.1 Å². The first kappa shape index (κ1) is 16.5. The molecule has 5 aromatic rings. The van der Waals surface area contributed by atoms with Crippen LogP contribution in [0, 0.1) is 0 Å². The normalized spacial score (nSPS) is 11.0. The van der Waals surface area contributed by atoms with Crippen LogP contribution in [0.2, 0.25) is 0 Å². The van der Waals surface area contributed by atoms with Crippen LogP contribution >= 0.6 is 11.3 Å². The summed E-state index contributed by atoms with van der Waals surface area (Å²) >= 11 is 1.71. The Balaban J connectivity index is 1.39. The first-order valence-corrected chi connectivity index (χ1v) is 9.41. The van der Waals surface area contributed by atoms with Crippen molar-refractivity contribution in [3.63, 3.8) is 0 Å². The molecule has 0 aliphatic rings. The Labute approximate surface area is 163 Å². The highest BCUT2D eigenvalue weighted by molar-refractivity contribution is 7.17. The molecule has 0 spiro atoms. The fraction of sp³-hybridized carbons (Fsp3) is 0. The number of amides is 1. The number of carbonyl (C=O) groups excluding carboxylic acids is 1. The van der Waals surface area contributed by atoms with E-state index in [9.17, 15) is 4.79 Å². The molecule has 0 aliphatic carbocycles. The van der Waals surface area contributed by atoms with Crippen molar-refractivity contribution in [1.29, 1.82) is 0 Å². The molecule has 28 heavy (non-hydrogen) atoms. The maximum absolute atomic E-state index is 12.6. The molecule has 3 aromatic heterocycles. The lowest BCUT2D eigenvalue weighted by molar-refractivity contribution is 0.102. The zero-order valence-corrected chi connectivity index (χ0v) is 15.3. The third-order valence-electron chi connectivity index (χ3n) is 4.29. The van der Waals surface area contributed by atoms with Gasteiger partial charge in [-0.1, -0.05) is 23.3 Å². The number of thiophene rings is 1. The quantitative estimate of drug-likeness (QED) is 0.443. The molecular formula is C21H13N3O3S. The number of rotatable bonds is 4. The Hall–Kier alpha value is -3.71. The molecular weight excluding hydrogens is 374 g/mol. The number of hydrogen-bond donors (Lipinski definition) is 1. The summed E-state index contributed by atoms with van der Waals surface area (Å²) in [5.74, 6) is 0.324. The number of hydrogen-bond acceptors (Lipinski definition) is 6. The van der Waals surface area contributed by atoms with Crippen LogP contribution in [0.4, 0.5) is 6.01 Å². The van der Waals surface area contributed by atoms with Crippen molar-refractivity contribution >= 4 is 33.3 Å². The number of furan rings is 1. The van der Waals surface area contributed by atoms with Crippen LogP contribution in [0.5, 0.6) is 0 Å². The van der Waals surface area contributed by atoms with Gasteiger partial charge in [-0.15, -0.1) is 16.4 Å². The minimum Gasteiger partial charge on any atom is -0.459 e. The minimum absolute atomic E-state index is 0.0153. The summed E-state index contributed by atoms with van der Waals surface area (Å²) in [6, 6.07) is 19.2. The maximum atomic E-state index is 12.6. The topological polar surface area (TPSA) is 81.2 Å². The zero-order valence-electron chi connectivity index (χ0n) is 14.5. The average molecular weight is 387 g/mol. The number of nitrogens with zero attached hydrogens (tertiary/aromatic N) is 2. The lowest BCUT2D eigenvalue weighted by Gasteiger charge is -2.05. The molecule has 0 saturated carbocycles. The summed E-state index contributed by atoms with van der Waals surface area (Å²) in [5, 5.41) is 13.6. The van der Waals surface area contributed by atoms with Gasteiger partial charge in [-0.25, -0.2) is 0 Å². The van der Waals surface area contributed by atoms with E-state index in [0.29, 0.717) is 11.3 Å². The third-order valence-corrected chi connectivity index (χ3v) is 5.19. The van der Waals surface area contributed by atoms with Crippen molar-refractivity contribution < 1.29 is 13.6 Å². The summed E-state index contributed by atoms with van der Waals surface area (Å²) in [7, 11) is 0. The largest absolute Gasteiger partial charge is 0.459 e. The molecule has 0 saturated heterocycles. The van der Waals surface area contributed by atoms with Gasteiger partial charge in [0, 0.05) is 10.3 Å². The van der Waals surface area contributed by atoms with Gasteiger partial charge in [-0.05, 0) is 64.4 Å². The Morgan fingerprint density at radius 3 is 2.79 bits per heavy atom. The summed E-state index contributed by atoms with van der Waals surface area (Å²) in [5.41, 5.74) is 2.52. The molecule has 136 valence electrons. The number of anilines is 1. The molecule has 1 amide bonds. The third kappa shape index (κ3) is 3.08. The van der Waals surface area contributed by atoms with Gasteiger partial charge in [0.2, 0.25) is 0 Å². The fourth-order valence-corrected chi connectivity index (χ4v) is 3.70. The molecule has 0 bridgehead atoms. The van der Waals surface area contributed by atoms with Gasteiger partial charge in [0.1, 0.15) is 0 Å².